The van der Waals surface area contributed by atoms with Gasteiger partial charge in [0.15, 0.2) is 5.78 Å². The summed E-state index contributed by atoms with van der Waals surface area (Å²) in [6.07, 6.45) is 1.26. The number of thiazole rings is 1. The molecule has 2 aromatic rings. The molecule has 0 N–H and O–H groups in total. The van der Waals surface area contributed by atoms with Gasteiger partial charge < -0.3 is 14.2 Å². The van der Waals surface area contributed by atoms with Crippen molar-refractivity contribution in [3.8, 4) is 16.3 Å². The number of ketones is 1. The van der Waals surface area contributed by atoms with Crippen LogP contribution in [0.25, 0.3) is 16.1 Å². The van der Waals surface area contributed by atoms with Gasteiger partial charge >= 0.3 is 12.6 Å². The number of halogens is 3. The van der Waals surface area contributed by atoms with E-state index in [9.17, 15) is 18.4 Å². The normalized spacial score (nSPS) is 25.5. The third-order valence-electron chi connectivity index (χ3n) is 6.62. The maximum absolute atomic E-state index is 13.7. The van der Waals surface area contributed by atoms with E-state index in [0.29, 0.717) is 27.6 Å². The Balaban J connectivity index is 1.57. The smallest absolute Gasteiger partial charge is 0.387 e. The summed E-state index contributed by atoms with van der Waals surface area (Å²) in [6.45, 7) is 4.16. The summed E-state index contributed by atoms with van der Waals surface area (Å²) in [6, 6.07) is 4.24. The van der Waals surface area contributed by atoms with Gasteiger partial charge in [0.25, 0.3) is 0 Å². The number of hydrogen-bond acceptors (Lipinski definition) is 7. The number of allylic oxidation sites excluding steroid dienone is 1. The molecule has 6 nitrogen and oxygen atoms in total. The molecule has 2 aliphatic heterocycles. The van der Waals surface area contributed by atoms with Gasteiger partial charge in [0.1, 0.15) is 16.5 Å². The number of fused-ring (bicyclic) bond motifs is 5. The number of carbonyl (C=O) groups is 2. The van der Waals surface area contributed by atoms with Gasteiger partial charge in [0, 0.05) is 10.4 Å². The summed E-state index contributed by atoms with van der Waals surface area (Å²) in [5.41, 5.74) is 0.543. The van der Waals surface area contributed by atoms with Crippen molar-refractivity contribution in [1.29, 1.82) is 0 Å². The van der Waals surface area contributed by atoms with Crippen molar-refractivity contribution in [2.75, 3.05) is 0 Å². The van der Waals surface area contributed by atoms with E-state index >= 15 is 0 Å². The number of carbonyl (C=O) groups excluding carboxylic acids is 2. The van der Waals surface area contributed by atoms with Crippen molar-refractivity contribution in [2.24, 2.45) is 17.3 Å². The van der Waals surface area contributed by atoms with Crippen LogP contribution in [0, 0.1) is 24.2 Å². The number of rotatable bonds is 5. The van der Waals surface area contributed by atoms with Gasteiger partial charge in [0.2, 0.25) is 0 Å². The van der Waals surface area contributed by atoms with E-state index in [0.717, 1.165) is 17.7 Å². The van der Waals surface area contributed by atoms with Gasteiger partial charge in [-0.3, -0.25) is 9.59 Å². The minimum Gasteiger partial charge on any atom is -0.435 e. The molecule has 0 radical (unpaired) electrons. The number of alkyl halides is 2. The predicted molar refractivity (Wildman–Crippen MR) is 126 cm³/mol. The van der Waals surface area contributed by atoms with E-state index in [-0.39, 0.29) is 40.6 Å². The summed E-state index contributed by atoms with van der Waals surface area (Å²) in [7, 11) is 0. The standard InChI is InChI=1S/C25H24ClF2NO5S/c1-10-19(29-22(35-10)12-6-5-11(9-13(12)26)32-24(27)28)18-20(30)16-14-7-8-15(33-14)17(16)21(18)34-23(31)25(2,3)4/h5-6,9,14-17,24H,7-8H2,1-4H3/t14-,15+,16+,17-/m0/s1. The Kier molecular flexibility index (Phi) is 6.01. The molecule has 1 aromatic heterocycles. The first-order chi connectivity index (χ1) is 16.5. The molecule has 186 valence electrons. The van der Waals surface area contributed by atoms with Gasteiger partial charge in [0.05, 0.1) is 45.7 Å². The van der Waals surface area contributed by atoms with Crippen LogP contribution >= 0.6 is 22.9 Å². The molecule has 10 heteroatoms. The maximum atomic E-state index is 13.7. The van der Waals surface area contributed by atoms with Crippen LogP contribution in [0.3, 0.4) is 0 Å². The fourth-order valence-electron chi connectivity index (χ4n) is 4.99. The molecule has 1 aliphatic carbocycles. The van der Waals surface area contributed by atoms with Crippen LogP contribution < -0.4 is 4.74 Å². The molecule has 0 amide bonds. The van der Waals surface area contributed by atoms with Crippen molar-refractivity contribution in [3.05, 3.63) is 39.6 Å². The van der Waals surface area contributed by atoms with E-state index in [1.54, 1.807) is 26.8 Å². The van der Waals surface area contributed by atoms with Gasteiger partial charge in [-0.2, -0.15) is 8.78 Å². The maximum Gasteiger partial charge on any atom is 0.387 e. The largest absolute Gasteiger partial charge is 0.435 e. The lowest BCUT2D eigenvalue weighted by Crippen LogP contribution is -2.31. The topological polar surface area (TPSA) is 74.7 Å². The molecule has 0 unspecified atom stereocenters. The highest BCUT2D eigenvalue weighted by Gasteiger charge is 2.60. The SMILES string of the molecule is Cc1sc(-c2ccc(OC(F)F)cc2Cl)nc1C1=C(OC(=O)C(C)(C)C)[C@@H]2[C@H](C1=O)[C@@H]1CC[C@H]2O1. The van der Waals surface area contributed by atoms with Crippen molar-refractivity contribution >= 4 is 40.3 Å². The minimum atomic E-state index is -2.96. The minimum absolute atomic E-state index is 0.0596. The Hall–Kier alpha value is -2.36. The number of benzene rings is 1. The molecule has 1 aromatic carbocycles. The summed E-state index contributed by atoms with van der Waals surface area (Å²) in [5, 5.41) is 0.710. The molecule has 2 fully saturated rings. The molecule has 2 bridgehead atoms. The van der Waals surface area contributed by atoms with Crippen LogP contribution in [0.1, 0.15) is 44.2 Å². The Labute approximate surface area is 210 Å². The van der Waals surface area contributed by atoms with Gasteiger partial charge in [-0.1, -0.05) is 11.6 Å². The molecular weight excluding hydrogens is 500 g/mol. The van der Waals surface area contributed by atoms with Crippen LogP contribution in [0.2, 0.25) is 5.02 Å². The first-order valence-electron chi connectivity index (χ1n) is 11.3. The lowest BCUT2D eigenvalue weighted by atomic mass is 9.80. The molecule has 2 saturated heterocycles. The Morgan fingerprint density at radius 2 is 1.91 bits per heavy atom. The highest BCUT2D eigenvalue weighted by atomic mass is 35.5. The molecule has 35 heavy (non-hydrogen) atoms. The predicted octanol–water partition coefficient (Wildman–Crippen LogP) is 6.05. The highest BCUT2D eigenvalue weighted by molar-refractivity contribution is 7.15. The lowest BCUT2D eigenvalue weighted by Gasteiger charge is -2.24. The zero-order chi connectivity index (χ0) is 25.2. The average Bonchev–Trinajstić information content (AvgIpc) is 3.51. The molecule has 4 atom stereocenters. The van der Waals surface area contributed by atoms with E-state index in [4.69, 9.17) is 26.1 Å². The molecule has 5 rings (SSSR count). The van der Waals surface area contributed by atoms with Gasteiger partial charge in [-0.05, 0) is 58.7 Å². The molecule has 3 heterocycles. The third-order valence-corrected chi connectivity index (χ3v) is 7.93. The van der Waals surface area contributed by atoms with E-state index < -0.39 is 18.0 Å². The van der Waals surface area contributed by atoms with Crippen LogP contribution in [-0.2, 0) is 19.1 Å². The molecule has 3 aliphatic rings. The molecular formula is C25H24ClF2NO5S. The first kappa shape index (κ1) is 24.3. The monoisotopic (exact) mass is 523 g/mol. The van der Waals surface area contributed by atoms with E-state index in [1.807, 2.05) is 6.92 Å². The summed E-state index contributed by atoms with van der Waals surface area (Å²) < 4.78 is 41.4. The van der Waals surface area contributed by atoms with Gasteiger partial charge in [-0.25, -0.2) is 4.98 Å². The van der Waals surface area contributed by atoms with E-state index in [2.05, 4.69) is 4.74 Å². The second-order valence-corrected chi connectivity index (χ2v) is 11.6. The van der Waals surface area contributed by atoms with Gasteiger partial charge in [-0.15, -0.1) is 11.3 Å². The fourth-order valence-corrected chi connectivity index (χ4v) is 6.27. The number of hydrogen-bond donors (Lipinski definition) is 0. The van der Waals surface area contributed by atoms with Crippen molar-refractivity contribution < 1.29 is 32.6 Å². The quantitative estimate of drug-likeness (QED) is 0.444. The van der Waals surface area contributed by atoms with Crippen molar-refractivity contribution in [3.63, 3.8) is 0 Å². The summed E-state index contributed by atoms with van der Waals surface area (Å²) in [5.74, 6) is -0.945. The summed E-state index contributed by atoms with van der Waals surface area (Å²) >= 11 is 7.67. The van der Waals surface area contributed by atoms with Crippen LogP contribution in [0.15, 0.2) is 24.0 Å². The molecule has 0 saturated carbocycles. The average molecular weight is 524 g/mol. The van der Waals surface area contributed by atoms with Crippen LogP contribution in [0.4, 0.5) is 8.78 Å². The number of aryl methyl sites for hydroxylation is 1. The Bertz CT molecular complexity index is 1250. The highest BCUT2D eigenvalue weighted by Crippen LogP contribution is 2.55. The first-order valence-corrected chi connectivity index (χ1v) is 12.5. The summed E-state index contributed by atoms with van der Waals surface area (Å²) in [4.78, 5) is 32.0. The van der Waals surface area contributed by atoms with Crippen LogP contribution in [0.5, 0.6) is 5.75 Å². The third kappa shape index (κ3) is 4.17. The molecule has 0 spiro atoms. The number of esters is 1. The second-order valence-electron chi connectivity index (χ2n) is 10.0. The fraction of sp³-hybridized carbons (Fsp3) is 0.480. The number of nitrogens with zero attached hydrogens (tertiary/aromatic N) is 1. The Morgan fingerprint density at radius 3 is 2.54 bits per heavy atom. The van der Waals surface area contributed by atoms with E-state index in [1.165, 1.54) is 23.5 Å². The van der Waals surface area contributed by atoms with Crippen molar-refractivity contribution in [1.82, 2.24) is 4.98 Å². The zero-order valence-corrected chi connectivity index (χ0v) is 21.1. The zero-order valence-electron chi connectivity index (χ0n) is 19.6. The second kappa shape index (κ2) is 8.64. The number of ether oxygens (including phenoxy) is 3. The number of aromatic nitrogens is 1. The Morgan fingerprint density at radius 1 is 1.23 bits per heavy atom. The number of Topliss-reactive ketones (excluding diaryl/α,β-unsaturated/α-hetero) is 1. The van der Waals surface area contributed by atoms with Crippen molar-refractivity contribution in [2.45, 2.75) is 59.4 Å². The van der Waals surface area contributed by atoms with Crippen LogP contribution in [-0.4, -0.2) is 35.6 Å². The lowest BCUT2D eigenvalue weighted by molar-refractivity contribution is -0.149.